The lowest BCUT2D eigenvalue weighted by Gasteiger charge is -2.32. The summed E-state index contributed by atoms with van der Waals surface area (Å²) in [5, 5.41) is 4.40. The maximum Gasteiger partial charge on any atom is 0.166 e. The summed E-state index contributed by atoms with van der Waals surface area (Å²) in [5.74, 6) is 0.409. The molecule has 2 aliphatic carbocycles. The Morgan fingerprint density at radius 1 is 1.17 bits per heavy atom. The molecule has 1 aliphatic heterocycles. The van der Waals surface area contributed by atoms with Gasteiger partial charge in [-0.15, -0.1) is 0 Å². The van der Waals surface area contributed by atoms with E-state index in [1.807, 2.05) is 24.4 Å². The highest BCUT2D eigenvalue weighted by Crippen LogP contribution is 2.36. The Bertz CT molecular complexity index is 694. The quantitative estimate of drug-likeness (QED) is 0.845. The molecular formula is C19H21ClN2O. The van der Waals surface area contributed by atoms with Gasteiger partial charge >= 0.3 is 0 Å². The molecule has 3 atom stereocenters. The standard InChI is InChI=1S/C19H21ClN2O/c20-14-5-3-4-12(8-14)13-9-18-15(19(23)10-13)11-21-16-6-1-2-7-17(16)22-18/h3-5,8,11,13,16-17,22H,1-2,6-7,9-10H2/t13-,16+,17-/m1/s1. The molecule has 1 heterocycles. The molecule has 1 aromatic carbocycles. The Morgan fingerprint density at radius 3 is 2.91 bits per heavy atom. The highest BCUT2D eigenvalue weighted by molar-refractivity contribution is 6.30. The number of fused-ring (bicyclic) bond motifs is 1. The van der Waals surface area contributed by atoms with Gasteiger partial charge in [-0.2, -0.15) is 0 Å². The number of nitrogens with one attached hydrogen (secondary N) is 1. The largest absolute Gasteiger partial charge is 0.383 e. The first-order chi connectivity index (χ1) is 11.2. The van der Waals surface area contributed by atoms with Gasteiger partial charge in [0.15, 0.2) is 5.78 Å². The zero-order valence-corrected chi connectivity index (χ0v) is 13.9. The van der Waals surface area contributed by atoms with E-state index in [-0.39, 0.29) is 11.7 Å². The van der Waals surface area contributed by atoms with E-state index in [1.165, 1.54) is 12.8 Å². The van der Waals surface area contributed by atoms with Gasteiger partial charge in [-0.1, -0.05) is 36.6 Å². The van der Waals surface area contributed by atoms with Crippen molar-refractivity contribution in [2.24, 2.45) is 4.99 Å². The summed E-state index contributed by atoms with van der Waals surface area (Å²) < 4.78 is 0. The fraction of sp³-hybridized carbons (Fsp3) is 0.474. The number of hydrogen-bond donors (Lipinski definition) is 1. The SMILES string of the molecule is O=C1C[C@H](c2cccc(Cl)c2)CC2=C1C=N[C@H]1CCCC[C@H]1N2. The van der Waals surface area contributed by atoms with Crippen LogP contribution in [0.3, 0.4) is 0 Å². The van der Waals surface area contributed by atoms with Crippen LogP contribution in [-0.4, -0.2) is 24.1 Å². The molecule has 0 saturated heterocycles. The number of aliphatic imine (C=N–C) groups is 1. The lowest BCUT2D eigenvalue weighted by Crippen LogP contribution is -2.41. The van der Waals surface area contributed by atoms with E-state index < -0.39 is 0 Å². The lowest BCUT2D eigenvalue weighted by molar-refractivity contribution is -0.115. The molecule has 4 heteroatoms. The molecule has 3 aliphatic rings. The van der Waals surface area contributed by atoms with Crippen molar-refractivity contribution < 1.29 is 4.79 Å². The van der Waals surface area contributed by atoms with Crippen LogP contribution < -0.4 is 5.32 Å². The van der Waals surface area contributed by atoms with Crippen LogP contribution in [0.25, 0.3) is 0 Å². The average molecular weight is 329 g/mol. The molecule has 120 valence electrons. The highest BCUT2D eigenvalue weighted by atomic mass is 35.5. The Balaban J connectivity index is 1.62. The summed E-state index contributed by atoms with van der Waals surface area (Å²) in [6.07, 6.45) is 8.02. The van der Waals surface area contributed by atoms with Gasteiger partial charge < -0.3 is 5.32 Å². The second kappa shape index (κ2) is 6.12. The Morgan fingerprint density at radius 2 is 2.04 bits per heavy atom. The van der Waals surface area contributed by atoms with Crippen molar-refractivity contribution >= 4 is 23.6 Å². The monoisotopic (exact) mass is 328 g/mol. The molecule has 23 heavy (non-hydrogen) atoms. The van der Waals surface area contributed by atoms with Crippen LogP contribution in [0.4, 0.5) is 0 Å². The minimum atomic E-state index is 0.200. The van der Waals surface area contributed by atoms with Crippen LogP contribution in [0.15, 0.2) is 40.5 Å². The van der Waals surface area contributed by atoms with Crippen LogP contribution in [-0.2, 0) is 4.79 Å². The summed E-state index contributed by atoms with van der Waals surface area (Å²) >= 11 is 6.12. The number of ketones is 1. The molecule has 0 spiro atoms. The van der Waals surface area contributed by atoms with E-state index in [0.717, 1.165) is 41.1 Å². The predicted octanol–water partition coefficient (Wildman–Crippen LogP) is 4.03. The van der Waals surface area contributed by atoms with Gasteiger partial charge in [-0.25, -0.2) is 0 Å². The number of halogens is 1. The van der Waals surface area contributed by atoms with Crippen molar-refractivity contribution in [3.05, 3.63) is 46.1 Å². The fourth-order valence-corrected chi connectivity index (χ4v) is 4.26. The van der Waals surface area contributed by atoms with Gasteiger partial charge in [0.05, 0.1) is 11.6 Å². The second-order valence-corrected chi connectivity index (χ2v) is 7.29. The Hall–Kier alpha value is -1.61. The number of carbonyl (C=O) groups excluding carboxylic acids is 1. The molecule has 1 aromatic rings. The van der Waals surface area contributed by atoms with Gasteiger partial charge in [-0.05, 0) is 42.9 Å². The van der Waals surface area contributed by atoms with Crippen molar-refractivity contribution in [2.75, 3.05) is 0 Å². The van der Waals surface area contributed by atoms with E-state index in [0.29, 0.717) is 18.5 Å². The number of hydrogen-bond acceptors (Lipinski definition) is 3. The molecule has 0 bridgehead atoms. The van der Waals surface area contributed by atoms with Crippen molar-refractivity contribution in [1.29, 1.82) is 0 Å². The number of carbonyl (C=O) groups is 1. The summed E-state index contributed by atoms with van der Waals surface area (Å²) in [6.45, 7) is 0. The maximum atomic E-state index is 12.6. The van der Waals surface area contributed by atoms with E-state index in [4.69, 9.17) is 16.6 Å². The normalized spacial score (nSPS) is 30.3. The van der Waals surface area contributed by atoms with Crippen LogP contribution in [0.1, 0.15) is 50.0 Å². The molecule has 3 nitrogen and oxygen atoms in total. The first kappa shape index (κ1) is 14.9. The van der Waals surface area contributed by atoms with Crippen LogP contribution >= 0.6 is 11.6 Å². The summed E-state index contributed by atoms with van der Waals surface area (Å²) in [4.78, 5) is 17.3. The molecule has 0 unspecified atom stereocenters. The van der Waals surface area contributed by atoms with Crippen molar-refractivity contribution in [2.45, 2.75) is 56.5 Å². The smallest absolute Gasteiger partial charge is 0.166 e. The second-order valence-electron chi connectivity index (χ2n) is 6.86. The average Bonchev–Trinajstić information content (AvgIpc) is 2.74. The lowest BCUT2D eigenvalue weighted by atomic mass is 9.81. The minimum Gasteiger partial charge on any atom is -0.383 e. The zero-order valence-electron chi connectivity index (χ0n) is 13.1. The molecule has 1 saturated carbocycles. The van der Waals surface area contributed by atoms with Gasteiger partial charge in [0, 0.05) is 29.4 Å². The van der Waals surface area contributed by atoms with Gasteiger partial charge in [0.2, 0.25) is 0 Å². The minimum absolute atomic E-state index is 0.200. The molecule has 0 amide bonds. The first-order valence-electron chi connectivity index (χ1n) is 8.52. The third-order valence-corrected chi connectivity index (χ3v) is 5.55. The van der Waals surface area contributed by atoms with E-state index in [2.05, 4.69) is 11.4 Å². The molecule has 1 fully saturated rings. The highest BCUT2D eigenvalue weighted by Gasteiger charge is 2.33. The fourth-order valence-electron chi connectivity index (χ4n) is 4.07. The van der Waals surface area contributed by atoms with Gasteiger partial charge in [0.25, 0.3) is 0 Å². The van der Waals surface area contributed by atoms with Gasteiger partial charge in [-0.3, -0.25) is 9.79 Å². The number of Topliss-reactive ketones (excluding diaryl/α,β-unsaturated/α-hetero) is 1. The molecule has 0 radical (unpaired) electrons. The molecule has 0 aromatic heterocycles. The van der Waals surface area contributed by atoms with Crippen molar-refractivity contribution in [1.82, 2.24) is 5.32 Å². The molecular weight excluding hydrogens is 308 g/mol. The third-order valence-electron chi connectivity index (χ3n) is 5.31. The summed E-state index contributed by atoms with van der Waals surface area (Å²) in [5.41, 5.74) is 3.04. The van der Waals surface area contributed by atoms with Crippen molar-refractivity contribution in [3.8, 4) is 0 Å². The third kappa shape index (κ3) is 2.94. The number of allylic oxidation sites excluding steroid dienone is 2. The van der Waals surface area contributed by atoms with Crippen LogP contribution in [0.2, 0.25) is 5.02 Å². The predicted molar refractivity (Wildman–Crippen MR) is 93.1 cm³/mol. The first-order valence-corrected chi connectivity index (χ1v) is 8.90. The van der Waals surface area contributed by atoms with Crippen LogP contribution in [0, 0.1) is 0 Å². The zero-order chi connectivity index (χ0) is 15.8. The van der Waals surface area contributed by atoms with E-state index in [1.54, 1.807) is 0 Å². The number of benzene rings is 1. The Labute approximate surface area is 141 Å². The van der Waals surface area contributed by atoms with Gasteiger partial charge in [0.1, 0.15) is 0 Å². The van der Waals surface area contributed by atoms with E-state index in [9.17, 15) is 4.79 Å². The van der Waals surface area contributed by atoms with Crippen molar-refractivity contribution in [3.63, 3.8) is 0 Å². The maximum absolute atomic E-state index is 12.6. The number of rotatable bonds is 1. The van der Waals surface area contributed by atoms with Crippen LogP contribution in [0.5, 0.6) is 0 Å². The topological polar surface area (TPSA) is 41.5 Å². The molecule has 1 N–H and O–H groups in total. The molecule has 4 rings (SSSR count). The summed E-state index contributed by atoms with van der Waals surface area (Å²) in [6, 6.07) is 8.61. The van der Waals surface area contributed by atoms with E-state index >= 15 is 0 Å². The Kier molecular flexibility index (Phi) is 3.98. The summed E-state index contributed by atoms with van der Waals surface area (Å²) in [7, 11) is 0. The number of nitrogens with zero attached hydrogens (tertiary/aromatic N) is 1.